The number of halogens is 1. The van der Waals surface area contributed by atoms with Crippen molar-refractivity contribution in [1.82, 2.24) is 4.72 Å². The molecule has 0 aliphatic carbocycles. The average Bonchev–Trinajstić information content (AvgIpc) is 2.14. The van der Waals surface area contributed by atoms with Gasteiger partial charge in [-0.05, 0) is 33.1 Å². The lowest BCUT2D eigenvalue weighted by Crippen LogP contribution is -2.49. The van der Waals surface area contributed by atoms with E-state index in [2.05, 4.69) is 20.7 Å². The fraction of sp³-hybridized carbons (Fsp3) is 1.00. The number of hydrogen-bond acceptors (Lipinski definition) is 4. The van der Waals surface area contributed by atoms with Gasteiger partial charge in [-0.15, -0.1) is 0 Å². The summed E-state index contributed by atoms with van der Waals surface area (Å²) in [5, 5.41) is 0.123. The van der Waals surface area contributed by atoms with Gasteiger partial charge in [0.2, 0.25) is 10.0 Å². The third kappa shape index (κ3) is 4.79. The summed E-state index contributed by atoms with van der Waals surface area (Å²) in [4.78, 5) is 0. The van der Waals surface area contributed by atoms with Crippen molar-refractivity contribution in [2.24, 2.45) is 0 Å². The molecule has 0 saturated carbocycles. The minimum Gasteiger partial charge on any atom is -0.229 e. The van der Waals surface area contributed by atoms with Gasteiger partial charge < -0.3 is 0 Å². The van der Waals surface area contributed by atoms with E-state index in [-0.39, 0.29) is 24.3 Å². The van der Waals surface area contributed by atoms with Crippen LogP contribution in [0.4, 0.5) is 0 Å². The van der Waals surface area contributed by atoms with Gasteiger partial charge in [0.15, 0.2) is 0 Å². The second kappa shape index (κ2) is 5.76. The second-order valence-electron chi connectivity index (χ2n) is 5.32. The lowest BCUT2D eigenvalue weighted by molar-refractivity contribution is 0.436. The van der Waals surface area contributed by atoms with Crippen LogP contribution in [0.1, 0.15) is 33.1 Å². The quantitative estimate of drug-likeness (QED) is 0.742. The minimum atomic E-state index is -3.45. The lowest BCUT2D eigenvalue weighted by atomic mass is 10.0. The molecule has 1 fully saturated rings. The Bertz CT molecular complexity index is 470. The second-order valence-corrected chi connectivity index (χ2v) is 10.4. The number of sulfonamides is 1. The molecular weight excluding hydrogens is 342 g/mol. The zero-order valence-corrected chi connectivity index (χ0v) is 13.9. The van der Waals surface area contributed by atoms with Crippen LogP contribution in [0.3, 0.4) is 0 Å². The van der Waals surface area contributed by atoms with Crippen LogP contribution in [0.25, 0.3) is 0 Å². The van der Waals surface area contributed by atoms with E-state index in [0.717, 1.165) is 0 Å². The molecule has 0 spiro atoms. The fourth-order valence-electron chi connectivity index (χ4n) is 1.93. The molecule has 0 unspecified atom stereocenters. The van der Waals surface area contributed by atoms with Gasteiger partial charge >= 0.3 is 0 Å². The first-order valence-corrected chi connectivity index (χ1v) is 10.4. The first-order chi connectivity index (χ1) is 8.08. The number of alkyl halides is 1. The number of sulfone groups is 1. The Kier molecular flexibility index (Phi) is 5.25. The standard InChI is InChI=1S/C10H20BrNO4S2/c1-10(2,5-6-11)12-18(15,16)9-3-7-17(13,14)8-4-9/h9,12H,3-8H2,1-2H3. The van der Waals surface area contributed by atoms with E-state index in [1.54, 1.807) is 0 Å². The largest absolute Gasteiger partial charge is 0.229 e. The number of hydrogen-bond donors (Lipinski definition) is 1. The molecule has 1 aliphatic heterocycles. The Morgan fingerprint density at radius 3 is 2.22 bits per heavy atom. The normalized spacial score (nSPS) is 21.9. The van der Waals surface area contributed by atoms with Crippen LogP contribution in [0, 0.1) is 0 Å². The highest BCUT2D eigenvalue weighted by molar-refractivity contribution is 9.09. The van der Waals surface area contributed by atoms with Crippen LogP contribution in [0.5, 0.6) is 0 Å². The topological polar surface area (TPSA) is 80.3 Å². The van der Waals surface area contributed by atoms with E-state index in [4.69, 9.17) is 0 Å². The van der Waals surface area contributed by atoms with E-state index in [1.165, 1.54) is 0 Å². The fourth-order valence-corrected chi connectivity index (χ4v) is 6.61. The monoisotopic (exact) mass is 361 g/mol. The van der Waals surface area contributed by atoms with Crippen molar-refractivity contribution in [1.29, 1.82) is 0 Å². The Labute approximate surface area is 118 Å². The highest BCUT2D eigenvalue weighted by Gasteiger charge is 2.35. The van der Waals surface area contributed by atoms with Crippen molar-refractivity contribution in [3.63, 3.8) is 0 Å². The Hall–Kier alpha value is 0.340. The van der Waals surface area contributed by atoms with E-state index in [0.29, 0.717) is 11.8 Å². The maximum absolute atomic E-state index is 12.2. The highest BCUT2D eigenvalue weighted by Crippen LogP contribution is 2.21. The molecule has 5 nitrogen and oxygen atoms in total. The van der Waals surface area contributed by atoms with Gasteiger partial charge in [-0.25, -0.2) is 21.6 Å². The molecule has 1 heterocycles. The summed E-state index contributed by atoms with van der Waals surface area (Å²) in [6, 6.07) is 0. The van der Waals surface area contributed by atoms with Gasteiger partial charge in [0, 0.05) is 10.9 Å². The first kappa shape index (κ1) is 16.4. The number of rotatable bonds is 5. The average molecular weight is 362 g/mol. The summed E-state index contributed by atoms with van der Waals surface area (Å²) in [6.07, 6.45) is 1.07. The molecule has 0 bridgehead atoms. The molecular formula is C10H20BrNO4S2. The van der Waals surface area contributed by atoms with Crippen LogP contribution in [-0.2, 0) is 19.9 Å². The summed E-state index contributed by atoms with van der Waals surface area (Å²) < 4.78 is 49.6. The van der Waals surface area contributed by atoms with Gasteiger partial charge in [0.05, 0.1) is 16.8 Å². The van der Waals surface area contributed by atoms with Crippen LogP contribution < -0.4 is 4.72 Å². The van der Waals surface area contributed by atoms with Crippen molar-refractivity contribution in [3.05, 3.63) is 0 Å². The summed E-state index contributed by atoms with van der Waals surface area (Å²) in [7, 11) is -6.48. The molecule has 0 atom stereocenters. The highest BCUT2D eigenvalue weighted by atomic mass is 79.9. The van der Waals surface area contributed by atoms with Crippen molar-refractivity contribution in [2.45, 2.75) is 43.9 Å². The summed E-state index contributed by atoms with van der Waals surface area (Å²) >= 11 is 3.29. The van der Waals surface area contributed by atoms with Crippen LogP contribution >= 0.6 is 15.9 Å². The zero-order chi connectivity index (χ0) is 14.0. The smallest absolute Gasteiger partial charge is 0.215 e. The maximum atomic E-state index is 12.2. The van der Waals surface area contributed by atoms with Gasteiger partial charge in [0.1, 0.15) is 9.84 Å². The predicted octanol–water partition coefficient (Wildman–Crippen LogP) is 1.05. The van der Waals surface area contributed by atoms with Crippen LogP contribution in [0.15, 0.2) is 0 Å². The van der Waals surface area contributed by atoms with E-state index in [1.807, 2.05) is 13.8 Å². The SMILES string of the molecule is CC(C)(CCBr)NS(=O)(=O)C1CCS(=O)(=O)CC1. The zero-order valence-electron chi connectivity index (χ0n) is 10.6. The van der Waals surface area contributed by atoms with Crippen molar-refractivity contribution >= 4 is 35.8 Å². The molecule has 1 aliphatic rings. The first-order valence-electron chi connectivity index (χ1n) is 5.87. The maximum Gasteiger partial charge on any atom is 0.215 e. The lowest BCUT2D eigenvalue weighted by Gasteiger charge is -2.29. The molecule has 1 N–H and O–H groups in total. The van der Waals surface area contributed by atoms with Gasteiger partial charge in [0.25, 0.3) is 0 Å². The van der Waals surface area contributed by atoms with Gasteiger partial charge in [-0.1, -0.05) is 15.9 Å². The van der Waals surface area contributed by atoms with Crippen molar-refractivity contribution in [2.75, 3.05) is 16.8 Å². The summed E-state index contributed by atoms with van der Waals surface area (Å²) in [5.41, 5.74) is -0.515. The molecule has 0 radical (unpaired) electrons. The minimum absolute atomic E-state index is 0.0303. The van der Waals surface area contributed by atoms with Crippen LogP contribution in [-0.4, -0.2) is 44.5 Å². The van der Waals surface area contributed by atoms with Gasteiger partial charge in [-0.2, -0.15) is 0 Å². The molecule has 0 amide bonds. The molecule has 0 aromatic carbocycles. The third-order valence-electron chi connectivity index (χ3n) is 3.08. The number of nitrogens with one attached hydrogen (secondary N) is 1. The molecule has 0 aromatic rings. The van der Waals surface area contributed by atoms with Crippen molar-refractivity contribution in [3.8, 4) is 0 Å². The van der Waals surface area contributed by atoms with E-state index >= 15 is 0 Å². The molecule has 0 aromatic heterocycles. The third-order valence-corrected chi connectivity index (χ3v) is 7.38. The Morgan fingerprint density at radius 2 is 1.78 bits per heavy atom. The molecule has 1 saturated heterocycles. The Balaban J connectivity index is 2.71. The molecule has 108 valence electrons. The molecule has 8 heteroatoms. The van der Waals surface area contributed by atoms with E-state index < -0.39 is 30.6 Å². The summed E-state index contributed by atoms with van der Waals surface area (Å²) in [6.45, 7) is 3.65. The Morgan fingerprint density at radius 1 is 1.28 bits per heavy atom. The predicted molar refractivity (Wildman–Crippen MR) is 76.2 cm³/mol. The molecule has 1 rings (SSSR count). The van der Waals surface area contributed by atoms with E-state index in [9.17, 15) is 16.8 Å². The van der Waals surface area contributed by atoms with Crippen LogP contribution in [0.2, 0.25) is 0 Å². The molecule has 18 heavy (non-hydrogen) atoms. The van der Waals surface area contributed by atoms with Gasteiger partial charge in [-0.3, -0.25) is 0 Å². The van der Waals surface area contributed by atoms with Crippen molar-refractivity contribution < 1.29 is 16.8 Å². The summed E-state index contributed by atoms with van der Waals surface area (Å²) in [5.74, 6) is -0.0606.